The molecule has 0 atom stereocenters. The van der Waals surface area contributed by atoms with Crippen molar-refractivity contribution in [1.29, 1.82) is 0 Å². The minimum absolute atomic E-state index is 0.747. The molecule has 0 aliphatic heterocycles. The molecular weight excluding hydrogens is 212 g/mol. The zero-order valence-electron chi connectivity index (χ0n) is 8.10. The van der Waals surface area contributed by atoms with Gasteiger partial charge >= 0.3 is 0 Å². The first-order valence-electron chi connectivity index (χ1n) is 4.66. The maximum atomic E-state index is 5.78. The van der Waals surface area contributed by atoms with Gasteiger partial charge in [0.15, 0.2) is 0 Å². The van der Waals surface area contributed by atoms with Gasteiger partial charge in [-0.05, 0) is 24.3 Å². The number of nitrogens with one attached hydrogen (secondary N) is 1. The summed E-state index contributed by atoms with van der Waals surface area (Å²) in [4.78, 5) is 3.87. The third kappa shape index (κ3) is 2.95. The molecule has 78 valence electrons. The molecule has 2 aromatic rings. The molecule has 0 bridgehead atoms. The number of rotatable bonds is 4. The van der Waals surface area contributed by atoms with Gasteiger partial charge in [-0.2, -0.15) is 5.10 Å². The van der Waals surface area contributed by atoms with Crippen molar-refractivity contribution in [2.45, 2.75) is 6.54 Å². The van der Waals surface area contributed by atoms with Gasteiger partial charge in [0.1, 0.15) is 12.7 Å². The maximum absolute atomic E-state index is 5.78. The lowest BCUT2D eigenvalue weighted by Gasteiger charge is -2.05. The lowest BCUT2D eigenvalue weighted by atomic mass is 10.3. The molecule has 0 spiro atoms. The lowest BCUT2D eigenvalue weighted by Crippen LogP contribution is -2.10. The second-order valence-electron chi connectivity index (χ2n) is 3.09. The quantitative estimate of drug-likeness (QED) is 0.861. The summed E-state index contributed by atoms with van der Waals surface area (Å²) in [7, 11) is 0. The Balaban J connectivity index is 1.81. The van der Waals surface area contributed by atoms with Gasteiger partial charge < -0.3 is 5.32 Å². The molecule has 0 aliphatic carbocycles. The Morgan fingerprint density at radius 1 is 1.27 bits per heavy atom. The van der Waals surface area contributed by atoms with Crippen LogP contribution >= 0.6 is 11.6 Å². The number of anilines is 1. The molecule has 0 saturated heterocycles. The fraction of sp³-hybridized carbons (Fsp3) is 0.200. The summed E-state index contributed by atoms with van der Waals surface area (Å²) in [5.41, 5.74) is 1.06. The fourth-order valence-corrected chi connectivity index (χ4v) is 1.36. The molecule has 1 aromatic carbocycles. The monoisotopic (exact) mass is 222 g/mol. The predicted octanol–water partition coefficient (Wildman–Crippen LogP) is 2.04. The highest BCUT2D eigenvalue weighted by Crippen LogP contribution is 2.12. The minimum Gasteiger partial charge on any atom is -0.383 e. The molecule has 1 aromatic heterocycles. The van der Waals surface area contributed by atoms with E-state index in [1.54, 1.807) is 11.0 Å². The molecule has 4 nitrogen and oxygen atoms in total. The van der Waals surface area contributed by atoms with Crippen LogP contribution in [0.15, 0.2) is 36.9 Å². The summed E-state index contributed by atoms with van der Waals surface area (Å²) in [5, 5.41) is 8.02. The van der Waals surface area contributed by atoms with Crippen LogP contribution in [0.25, 0.3) is 0 Å². The normalized spacial score (nSPS) is 10.2. The van der Waals surface area contributed by atoms with E-state index in [-0.39, 0.29) is 0 Å². The highest BCUT2D eigenvalue weighted by molar-refractivity contribution is 6.30. The Morgan fingerprint density at radius 2 is 2.07 bits per heavy atom. The van der Waals surface area contributed by atoms with Gasteiger partial charge in [0, 0.05) is 17.3 Å². The molecular formula is C10H11ClN4. The van der Waals surface area contributed by atoms with E-state index in [0.717, 1.165) is 23.8 Å². The number of nitrogens with zero attached hydrogens (tertiary/aromatic N) is 3. The second-order valence-corrected chi connectivity index (χ2v) is 3.53. The van der Waals surface area contributed by atoms with Crippen molar-refractivity contribution in [1.82, 2.24) is 14.8 Å². The molecule has 0 aliphatic rings. The molecule has 0 saturated carbocycles. The van der Waals surface area contributed by atoms with Crippen molar-refractivity contribution < 1.29 is 0 Å². The number of halogens is 1. The van der Waals surface area contributed by atoms with Gasteiger partial charge in [0.2, 0.25) is 0 Å². The molecule has 1 N–H and O–H groups in total. The van der Waals surface area contributed by atoms with Gasteiger partial charge in [0.25, 0.3) is 0 Å². The Hall–Kier alpha value is -1.55. The first-order valence-corrected chi connectivity index (χ1v) is 5.04. The van der Waals surface area contributed by atoms with Crippen molar-refractivity contribution in [3.8, 4) is 0 Å². The van der Waals surface area contributed by atoms with Crippen LogP contribution in [0.1, 0.15) is 0 Å². The van der Waals surface area contributed by atoms with Crippen molar-refractivity contribution in [3.63, 3.8) is 0 Å². The van der Waals surface area contributed by atoms with E-state index in [1.807, 2.05) is 24.3 Å². The highest BCUT2D eigenvalue weighted by atomic mass is 35.5. The van der Waals surface area contributed by atoms with Gasteiger partial charge in [-0.1, -0.05) is 11.6 Å². The zero-order chi connectivity index (χ0) is 10.5. The summed E-state index contributed by atoms with van der Waals surface area (Å²) >= 11 is 5.78. The Kier molecular flexibility index (Phi) is 3.19. The van der Waals surface area contributed by atoms with Crippen LogP contribution < -0.4 is 5.32 Å². The predicted molar refractivity (Wildman–Crippen MR) is 60.0 cm³/mol. The van der Waals surface area contributed by atoms with Crippen molar-refractivity contribution >= 4 is 17.3 Å². The van der Waals surface area contributed by atoms with Crippen LogP contribution in [-0.2, 0) is 6.54 Å². The molecule has 0 amide bonds. The fourth-order valence-electron chi connectivity index (χ4n) is 1.23. The minimum atomic E-state index is 0.747. The molecule has 15 heavy (non-hydrogen) atoms. The Labute approximate surface area is 92.9 Å². The van der Waals surface area contributed by atoms with Crippen LogP contribution in [0.4, 0.5) is 5.69 Å². The molecule has 0 fully saturated rings. The second kappa shape index (κ2) is 4.79. The molecule has 2 rings (SSSR count). The smallest absolute Gasteiger partial charge is 0.137 e. The third-order valence-electron chi connectivity index (χ3n) is 1.98. The van der Waals surface area contributed by atoms with Crippen LogP contribution in [0.2, 0.25) is 5.02 Å². The van der Waals surface area contributed by atoms with Gasteiger partial charge in [0.05, 0.1) is 6.54 Å². The summed E-state index contributed by atoms with van der Waals surface area (Å²) in [5.74, 6) is 0. The Morgan fingerprint density at radius 3 is 2.73 bits per heavy atom. The number of hydrogen-bond acceptors (Lipinski definition) is 3. The van der Waals surface area contributed by atoms with Gasteiger partial charge in [-0.3, -0.25) is 4.68 Å². The van der Waals surface area contributed by atoms with E-state index in [9.17, 15) is 0 Å². The third-order valence-corrected chi connectivity index (χ3v) is 2.23. The van der Waals surface area contributed by atoms with Crippen LogP contribution in [-0.4, -0.2) is 21.3 Å². The van der Waals surface area contributed by atoms with Crippen LogP contribution in [0.5, 0.6) is 0 Å². The first kappa shape index (κ1) is 9.98. The summed E-state index contributed by atoms with van der Waals surface area (Å²) in [6, 6.07) is 7.62. The number of benzene rings is 1. The van der Waals surface area contributed by atoms with E-state index in [2.05, 4.69) is 15.4 Å². The van der Waals surface area contributed by atoms with Gasteiger partial charge in [-0.25, -0.2) is 4.98 Å². The number of hydrogen-bond donors (Lipinski definition) is 1. The largest absolute Gasteiger partial charge is 0.383 e. The van der Waals surface area contributed by atoms with Crippen molar-refractivity contribution in [2.75, 3.05) is 11.9 Å². The van der Waals surface area contributed by atoms with E-state index < -0.39 is 0 Å². The molecule has 0 unspecified atom stereocenters. The van der Waals surface area contributed by atoms with E-state index in [1.165, 1.54) is 6.33 Å². The standard InChI is InChI=1S/C10H11ClN4/c11-9-1-3-10(4-2-9)13-5-6-15-8-12-7-14-15/h1-4,7-8,13H,5-6H2. The van der Waals surface area contributed by atoms with Crippen molar-refractivity contribution in [2.24, 2.45) is 0 Å². The maximum Gasteiger partial charge on any atom is 0.137 e. The van der Waals surface area contributed by atoms with Gasteiger partial charge in [-0.15, -0.1) is 0 Å². The zero-order valence-corrected chi connectivity index (χ0v) is 8.85. The van der Waals surface area contributed by atoms with Crippen LogP contribution in [0, 0.1) is 0 Å². The van der Waals surface area contributed by atoms with E-state index in [0.29, 0.717) is 0 Å². The SMILES string of the molecule is Clc1ccc(NCCn2cncn2)cc1. The van der Waals surface area contributed by atoms with E-state index >= 15 is 0 Å². The average molecular weight is 223 g/mol. The molecule has 0 radical (unpaired) electrons. The summed E-state index contributed by atoms with van der Waals surface area (Å²) < 4.78 is 1.78. The summed E-state index contributed by atoms with van der Waals surface area (Å²) in [6.07, 6.45) is 3.23. The lowest BCUT2D eigenvalue weighted by molar-refractivity contribution is 0.636. The topological polar surface area (TPSA) is 42.7 Å². The first-order chi connectivity index (χ1) is 7.34. The van der Waals surface area contributed by atoms with E-state index in [4.69, 9.17) is 11.6 Å². The molecule has 5 heteroatoms. The number of aromatic nitrogens is 3. The van der Waals surface area contributed by atoms with Crippen molar-refractivity contribution in [3.05, 3.63) is 41.9 Å². The Bertz CT molecular complexity index is 396. The van der Waals surface area contributed by atoms with Crippen LogP contribution in [0.3, 0.4) is 0 Å². The average Bonchev–Trinajstić information content (AvgIpc) is 2.74. The molecule has 1 heterocycles. The summed E-state index contributed by atoms with van der Waals surface area (Å²) in [6.45, 7) is 1.60. The highest BCUT2D eigenvalue weighted by Gasteiger charge is 1.93.